The van der Waals surface area contributed by atoms with Gasteiger partial charge in [-0.1, -0.05) is 18.2 Å². The van der Waals surface area contributed by atoms with Crippen LogP contribution in [0, 0.1) is 0 Å². The number of fused-ring (bicyclic) bond motifs is 1. The van der Waals surface area contributed by atoms with Crippen LogP contribution in [0.15, 0.2) is 34.9 Å². The molecule has 150 valence electrons. The van der Waals surface area contributed by atoms with Crippen molar-refractivity contribution < 1.29 is 19.1 Å². The van der Waals surface area contributed by atoms with Crippen LogP contribution >= 0.6 is 0 Å². The minimum atomic E-state index is -0.598. The van der Waals surface area contributed by atoms with E-state index >= 15 is 0 Å². The summed E-state index contributed by atoms with van der Waals surface area (Å²) in [7, 11) is 0. The van der Waals surface area contributed by atoms with Crippen molar-refractivity contribution in [2.75, 3.05) is 6.54 Å². The van der Waals surface area contributed by atoms with E-state index in [2.05, 4.69) is 10.5 Å². The summed E-state index contributed by atoms with van der Waals surface area (Å²) in [5, 5.41) is 4.08. The summed E-state index contributed by atoms with van der Waals surface area (Å²) in [4.78, 5) is 26.3. The van der Waals surface area contributed by atoms with Crippen molar-refractivity contribution in [3.8, 4) is 5.75 Å². The van der Waals surface area contributed by atoms with E-state index in [1.807, 2.05) is 37.3 Å². The van der Waals surface area contributed by atoms with Gasteiger partial charge in [0, 0.05) is 17.7 Å². The molecule has 0 radical (unpaired) electrons. The molecule has 1 aromatic rings. The number of hydrogen-bond acceptors (Lipinski definition) is 5. The van der Waals surface area contributed by atoms with Crippen molar-refractivity contribution >= 4 is 24.3 Å². The van der Waals surface area contributed by atoms with E-state index in [0.717, 1.165) is 23.3 Å². The molecule has 1 fully saturated rings. The molecular formula is C21H27N3O4. The third-order valence-electron chi connectivity index (χ3n) is 4.59. The van der Waals surface area contributed by atoms with Crippen molar-refractivity contribution in [1.82, 2.24) is 10.3 Å². The number of ether oxygens (including phenoxy) is 2. The van der Waals surface area contributed by atoms with Gasteiger partial charge in [0.2, 0.25) is 0 Å². The summed E-state index contributed by atoms with van der Waals surface area (Å²) < 4.78 is 11.2. The van der Waals surface area contributed by atoms with Crippen LogP contribution in [0.3, 0.4) is 0 Å². The van der Waals surface area contributed by atoms with Gasteiger partial charge in [-0.15, -0.1) is 0 Å². The number of hydrogen-bond donors (Lipinski definition) is 1. The number of benzene rings is 1. The molecule has 2 amide bonds. The summed E-state index contributed by atoms with van der Waals surface area (Å²) >= 11 is 0. The number of carbonyl (C=O) groups excluding carboxylic acids is 2. The van der Waals surface area contributed by atoms with Crippen LogP contribution in [0.4, 0.5) is 4.79 Å². The summed E-state index contributed by atoms with van der Waals surface area (Å²) in [5.41, 5.74) is 3.78. The molecule has 1 N–H and O–H groups in total. The first-order valence-corrected chi connectivity index (χ1v) is 9.54. The van der Waals surface area contributed by atoms with Crippen molar-refractivity contribution in [2.24, 2.45) is 5.10 Å². The van der Waals surface area contributed by atoms with E-state index in [1.165, 1.54) is 4.90 Å². The molecule has 7 nitrogen and oxygen atoms in total. The summed E-state index contributed by atoms with van der Waals surface area (Å²) in [6, 6.07) is 7.18. The van der Waals surface area contributed by atoms with Crippen molar-refractivity contribution in [1.29, 1.82) is 0 Å². The molecule has 1 aromatic carbocycles. The topological polar surface area (TPSA) is 80.2 Å². The number of carbonyl (C=O) groups is 2. The molecule has 7 heteroatoms. The maximum Gasteiger partial charge on any atom is 0.410 e. The van der Waals surface area contributed by atoms with Gasteiger partial charge in [-0.3, -0.25) is 9.69 Å². The van der Waals surface area contributed by atoms with Crippen molar-refractivity contribution in [3.63, 3.8) is 0 Å². The average molecular weight is 385 g/mol. The molecule has 1 saturated heterocycles. The molecule has 0 aliphatic carbocycles. The molecule has 0 saturated carbocycles. The Balaban J connectivity index is 1.62. The Bertz CT molecular complexity index is 810. The lowest BCUT2D eigenvalue weighted by molar-refractivity contribution is -0.125. The van der Waals surface area contributed by atoms with Gasteiger partial charge in [0.05, 0.1) is 6.21 Å². The molecule has 2 atom stereocenters. The monoisotopic (exact) mass is 385 g/mol. The first-order valence-electron chi connectivity index (χ1n) is 9.54. The van der Waals surface area contributed by atoms with Gasteiger partial charge in [-0.05, 0) is 52.7 Å². The minimum Gasteiger partial charge on any atom is -0.485 e. The normalized spacial score (nSPS) is 21.7. The van der Waals surface area contributed by atoms with E-state index in [-0.39, 0.29) is 12.0 Å². The van der Waals surface area contributed by atoms with Crippen LogP contribution < -0.4 is 10.2 Å². The van der Waals surface area contributed by atoms with Crippen LogP contribution in [0.2, 0.25) is 0 Å². The number of amides is 2. The second-order valence-electron chi connectivity index (χ2n) is 8.01. The zero-order valence-electron chi connectivity index (χ0n) is 16.8. The largest absolute Gasteiger partial charge is 0.485 e. The molecule has 2 aliphatic rings. The molecule has 0 bridgehead atoms. The van der Waals surface area contributed by atoms with E-state index in [0.29, 0.717) is 13.0 Å². The Morgan fingerprint density at radius 3 is 2.82 bits per heavy atom. The lowest BCUT2D eigenvalue weighted by Crippen LogP contribution is -2.46. The van der Waals surface area contributed by atoms with Gasteiger partial charge in [-0.25, -0.2) is 10.2 Å². The molecule has 0 aromatic heterocycles. The summed E-state index contributed by atoms with van der Waals surface area (Å²) in [6.45, 7) is 7.85. The maximum absolute atomic E-state index is 12.5. The number of para-hydroxylation sites is 1. The van der Waals surface area contributed by atoms with Crippen molar-refractivity contribution in [2.45, 2.75) is 58.3 Å². The molecule has 3 rings (SSSR count). The quantitative estimate of drug-likeness (QED) is 0.639. The van der Waals surface area contributed by atoms with Gasteiger partial charge in [0.15, 0.2) is 0 Å². The van der Waals surface area contributed by atoms with Gasteiger partial charge in [0.1, 0.15) is 23.5 Å². The average Bonchev–Trinajstić information content (AvgIpc) is 3.10. The third-order valence-corrected chi connectivity index (χ3v) is 4.59. The smallest absolute Gasteiger partial charge is 0.410 e. The van der Waals surface area contributed by atoms with Crippen LogP contribution in [0.1, 0.15) is 46.1 Å². The predicted octanol–water partition coefficient (Wildman–Crippen LogP) is 3.35. The second kappa shape index (κ2) is 8.04. The predicted molar refractivity (Wildman–Crippen MR) is 107 cm³/mol. The molecule has 2 heterocycles. The SMILES string of the molecule is CC1Oc2ccccc2C=C1C=NNC(=O)C1CCCN1C(=O)OC(C)(C)C. The van der Waals surface area contributed by atoms with Crippen LogP contribution in [-0.2, 0) is 9.53 Å². The Morgan fingerprint density at radius 2 is 2.07 bits per heavy atom. The highest BCUT2D eigenvalue weighted by molar-refractivity contribution is 5.91. The fraction of sp³-hybridized carbons (Fsp3) is 0.476. The molecule has 0 spiro atoms. The second-order valence-corrected chi connectivity index (χ2v) is 8.01. The summed E-state index contributed by atoms with van der Waals surface area (Å²) in [6.07, 6.45) is 4.29. The van der Waals surface area contributed by atoms with E-state index in [4.69, 9.17) is 9.47 Å². The first kappa shape index (κ1) is 19.9. The highest BCUT2D eigenvalue weighted by Gasteiger charge is 2.36. The third kappa shape index (κ3) is 4.71. The zero-order valence-corrected chi connectivity index (χ0v) is 16.8. The minimum absolute atomic E-state index is 0.166. The Hall–Kier alpha value is -2.83. The Labute approximate surface area is 165 Å². The molecule has 2 aliphatic heterocycles. The number of hydrazone groups is 1. The first-order chi connectivity index (χ1) is 13.2. The highest BCUT2D eigenvalue weighted by atomic mass is 16.6. The Morgan fingerprint density at radius 1 is 1.32 bits per heavy atom. The zero-order chi connectivity index (χ0) is 20.3. The van der Waals surface area contributed by atoms with Gasteiger partial charge >= 0.3 is 6.09 Å². The van der Waals surface area contributed by atoms with Crippen molar-refractivity contribution in [3.05, 3.63) is 35.4 Å². The van der Waals surface area contributed by atoms with E-state index in [1.54, 1.807) is 27.0 Å². The number of rotatable bonds is 3. The Kier molecular flexibility index (Phi) is 5.72. The summed E-state index contributed by atoms with van der Waals surface area (Å²) in [5.74, 6) is 0.514. The number of nitrogens with zero attached hydrogens (tertiary/aromatic N) is 2. The number of nitrogens with one attached hydrogen (secondary N) is 1. The van der Waals surface area contributed by atoms with Crippen LogP contribution in [-0.4, -0.2) is 47.4 Å². The fourth-order valence-corrected chi connectivity index (χ4v) is 3.23. The highest BCUT2D eigenvalue weighted by Crippen LogP contribution is 2.28. The maximum atomic E-state index is 12.5. The molecular weight excluding hydrogens is 358 g/mol. The lowest BCUT2D eigenvalue weighted by Gasteiger charge is -2.27. The van der Waals surface area contributed by atoms with E-state index < -0.39 is 17.7 Å². The molecule has 2 unspecified atom stereocenters. The van der Waals surface area contributed by atoms with Gasteiger partial charge in [-0.2, -0.15) is 5.10 Å². The van der Waals surface area contributed by atoms with Crippen LogP contribution in [0.5, 0.6) is 5.75 Å². The lowest BCUT2D eigenvalue weighted by atomic mass is 10.0. The molecule has 28 heavy (non-hydrogen) atoms. The van der Waals surface area contributed by atoms with E-state index in [9.17, 15) is 9.59 Å². The van der Waals surface area contributed by atoms with Crippen LogP contribution in [0.25, 0.3) is 6.08 Å². The number of likely N-dealkylation sites (tertiary alicyclic amines) is 1. The fourth-order valence-electron chi connectivity index (χ4n) is 3.23. The van der Waals surface area contributed by atoms with Gasteiger partial charge < -0.3 is 9.47 Å². The standard InChI is InChI=1S/C21H27N3O4/c1-14-16(12-15-8-5-6-10-18(15)27-14)13-22-23-19(25)17-9-7-11-24(17)20(26)28-21(2,3)4/h5-6,8,10,12-14,17H,7,9,11H2,1-4H3,(H,23,25). The van der Waals surface area contributed by atoms with Gasteiger partial charge in [0.25, 0.3) is 5.91 Å².